The SMILES string of the molecule is CC(NC(c1ccc(F)cc1)c1ccc(F)cc1)c1ccc(Cl)cc1. The van der Waals surface area contributed by atoms with Gasteiger partial charge in [-0.05, 0) is 60.0 Å². The van der Waals surface area contributed by atoms with Crippen LogP contribution in [0.15, 0.2) is 72.8 Å². The first-order valence-electron chi connectivity index (χ1n) is 8.05. The van der Waals surface area contributed by atoms with E-state index in [0.29, 0.717) is 5.02 Å². The van der Waals surface area contributed by atoms with Gasteiger partial charge < -0.3 is 0 Å². The predicted octanol–water partition coefficient (Wildman–Crippen LogP) is 6.06. The monoisotopic (exact) mass is 357 g/mol. The normalized spacial score (nSPS) is 12.4. The fraction of sp³-hybridized carbons (Fsp3) is 0.143. The van der Waals surface area contributed by atoms with Gasteiger partial charge in [0.05, 0.1) is 6.04 Å². The third kappa shape index (κ3) is 4.44. The Morgan fingerprint density at radius 2 is 1.08 bits per heavy atom. The quantitative estimate of drug-likeness (QED) is 0.585. The van der Waals surface area contributed by atoms with E-state index in [9.17, 15) is 8.78 Å². The molecule has 0 radical (unpaired) electrons. The van der Waals surface area contributed by atoms with Crippen LogP contribution in [0.4, 0.5) is 8.78 Å². The molecule has 1 unspecified atom stereocenters. The number of hydrogen-bond acceptors (Lipinski definition) is 1. The van der Waals surface area contributed by atoms with Crippen LogP contribution in [0.3, 0.4) is 0 Å². The van der Waals surface area contributed by atoms with E-state index in [1.54, 1.807) is 24.3 Å². The first-order chi connectivity index (χ1) is 12.0. The van der Waals surface area contributed by atoms with Crippen molar-refractivity contribution in [3.05, 3.63) is 106 Å². The maximum Gasteiger partial charge on any atom is 0.123 e. The van der Waals surface area contributed by atoms with Crippen LogP contribution in [0.1, 0.15) is 35.7 Å². The van der Waals surface area contributed by atoms with Gasteiger partial charge in [-0.25, -0.2) is 8.78 Å². The molecule has 0 aliphatic carbocycles. The third-order valence-electron chi connectivity index (χ3n) is 4.19. The van der Waals surface area contributed by atoms with Crippen LogP contribution in [-0.2, 0) is 0 Å². The molecule has 3 rings (SSSR count). The molecule has 0 aliphatic heterocycles. The van der Waals surface area contributed by atoms with Crippen molar-refractivity contribution in [2.24, 2.45) is 0 Å². The Hall–Kier alpha value is -2.23. The van der Waals surface area contributed by atoms with Gasteiger partial charge in [0.2, 0.25) is 0 Å². The first kappa shape index (κ1) is 17.6. The molecule has 128 valence electrons. The Labute approximate surface area is 151 Å². The highest BCUT2D eigenvalue weighted by Gasteiger charge is 2.18. The Kier molecular flexibility index (Phi) is 5.47. The minimum absolute atomic E-state index is 0.0253. The molecule has 1 nitrogen and oxygen atoms in total. The predicted molar refractivity (Wildman–Crippen MR) is 97.6 cm³/mol. The molecular weight excluding hydrogens is 340 g/mol. The largest absolute Gasteiger partial charge is 0.300 e. The van der Waals surface area contributed by atoms with Gasteiger partial charge in [0.15, 0.2) is 0 Å². The van der Waals surface area contributed by atoms with Crippen molar-refractivity contribution in [3.8, 4) is 0 Å². The second-order valence-corrected chi connectivity index (χ2v) is 6.41. The van der Waals surface area contributed by atoms with E-state index in [1.165, 1.54) is 24.3 Å². The minimum atomic E-state index is -0.285. The standard InChI is InChI=1S/C21H18ClF2N/c1-14(15-2-8-18(22)9-3-15)25-21(16-4-10-19(23)11-5-16)17-6-12-20(24)13-7-17/h2-14,21,25H,1H3. The molecule has 0 aromatic heterocycles. The molecule has 0 fully saturated rings. The third-order valence-corrected chi connectivity index (χ3v) is 4.45. The van der Waals surface area contributed by atoms with Crippen molar-refractivity contribution in [2.45, 2.75) is 19.0 Å². The zero-order chi connectivity index (χ0) is 17.8. The van der Waals surface area contributed by atoms with Crippen molar-refractivity contribution in [1.82, 2.24) is 5.32 Å². The molecule has 25 heavy (non-hydrogen) atoms. The van der Waals surface area contributed by atoms with Crippen LogP contribution in [0.2, 0.25) is 5.02 Å². The average Bonchev–Trinajstić information content (AvgIpc) is 2.62. The molecule has 1 atom stereocenters. The van der Waals surface area contributed by atoms with Crippen molar-refractivity contribution in [2.75, 3.05) is 0 Å². The first-order valence-corrected chi connectivity index (χ1v) is 8.43. The summed E-state index contributed by atoms with van der Waals surface area (Å²) in [6.45, 7) is 2.04. The topological polar surface area (TPSA) is 12.0 Å². The fourth-order valence-electron chi connectivity index (χ4n) is 2.79. The van der Waals surface area contributed by atoms with Crippen molar-refractivity contribution in [3.63, 3.8) is 0 Å². The summed E-state index contributed by atoms with van der Waals surface area (Å²) in [6.07, 6.45) is 0. The molecule has 0 saturated carbocycles. The van der Waals surface area contributed by atoms with Crippen molar-refractivity contribution < 1.29 is 8.78 Å². The average molecular weight is 358 g/mol. The second-order valence-electron chi connectivity index (χ2n) is 5.98. The molecule has 3 aromatic rings. The Morgan fingerprint density at radius 3 is 1.52 bits per heavy atom. The van der Waals surface area contributed by atoms with E-state index >= 15 is 0 Å². The summed E-state index contributed by atoms with van der Waals surface area (Å²) in [5, 5.41) is 4.22. The number of benzene rings is 3. The van der Waals surface area contributed by atoms with E-state index < -0.39 is 0 Å². The molecule has 4 heteroatoms. The lowest BCUT2D eigenvalue weighted by Crippen LogP contribution is -2.25. The van der Waals surface area contributed by atoms with E-state index in [2.05, 4.69) is 5.32 Å². The number of rotatable bonds is 5. The molecule has 0 bridgehead atoms. The van der Waals surface area contributed by atoms with Gasteiger partial charge >= 0.3 is 0 Å². The second kappa shape index (κ2) is 7.77. The molecule has 0 aliphatic rings. The Balaban J connectivity index is 1.91. The van der Waals surface area contributed by atoms with E-state index in [1.807, 2.05) is 31.2 Å². The summed E-state index contributed by atoms with van der Waals surface area (Å²) in [4.78, 5) is 0. The van der Waals surface area contributed by atoms with E-state index in [0.717, 1.165) is 16.7 Å². The van der Waals surface area contributed by atoms with E-state index in [4.69, 9.17) is 11.6 Å². The van der Waals surface area contributed by atoms with Gasteiger partial charge in [0.1, 0.15) is 11.6 Å². The summed E-state index contributed by atoms with van der Waals surface area (Å²) < 4.78 is 26.6. The van der Waals surface area contributed by atoms with Gasteiger partial charge in [0, 0.05) is 11.1 Å². The smallest absolute Gasteiger partial charge is 0.123 e. The molecule has 3 aromatic carbocycles. The Morgan fingerprint density at radius 1 is 0.680 bits per heavy atom. The fourth-order valence-corrected chi connectivity index (χ4v) is 2.92. The molecule has 0 amide bonds. The van der Waals surface area contributed by atoms with Gasteiger partial charge in [-0.3, -0.25) is 5.32 Å². The van der Waals surface area contributed by atoms with Gasteiger partial charge in [-0.2, -0.15) is 0 Å². The van der Waals surface area contributed by atoms with Crippen LogP contribution < -0.4 is 5.32 Å². The Bertz CT molecular complexity index is 769. The molecule has 0 spiro atoms. The van der Waals surface area contributed by atoms with Crippen molar-refractivity contribution in [1.29, 1.82) is 0 Å². The lowest BCUT2D eigenvalue weighted by molar-refractivity contribution is 0.514. The maximum atomic E-state index is 13.3. The number of halogens is 3. The zero-order valence-corrected chi connectivity index (χ0v) is 14.5. The van der Waals surface area contributed by atoms with Crippen LogP contribution in [0, 0.1) is 11.6 Å². The molecular formula is C21H18ClF2N. The molecule has 1 N–H and O–H groups in total. The van der Waals surface area contributed by atoms with Crippen LogP contribution in [0.5, 0.6) is 0 Å². The molecule has 0 heterocycles. The van der Waals surface area contributed by atoms with Gasteiger partial charge in [-0.1, -0.05) is 48.0 Å². The van der Waals surface area contributed by atoms with Gasteiger partial charge in [-0.15, -0.1) is 0 Å². The summed E-state index contributed by atoms with van der Waals surface area (Å²) in [6, 6.07) is 20.1. The lowest BCUT2D eigenvalue weighted by Gasteiger charge is -2.25. The summed E-state index contributed by atoms with van der Waals surface area (Å²) in [7, 11) is 0. The van der Waals surface area contributed by atoms with Gasteiger partial charge in [0.25, 0.3) is 0 Å². The zero-order valence-electron chi connectivity index (χ0n) is 13.7. The summed E-state index contributed by atoms with van der Waals surface area (Å²) in [5.41, 5.74) is 2.90. The highest BCUT2D eigenvalue weighted by Crippen LogP contribution is 2.27. The summed E-state index contributed by atoms with van der Waals surface area (Å²) >= 11 is 5.95. The van der Waals surface area contributed by atoms with Crippen molar-refractivity contribution >= 4 is 11.6 Å². The maximum absolute atomic E-state index is 13.3. The molecule has 0 saturated heterocycles. The van der Waals surface area contributed by atoms with Crippen LogP contribution in [0.25, 0.3) is 0 Å². The number of hydrogen-bond donors (Lipinski definition) is 1. The lowest BCUT2D eigenvalue weighted by atomic mass is 9.96. The highest BCUT2D eigenvalue weighted by atomic mass is 35.5. The van der Waals surface area contributed by atoms with E-state index in [-0.39, 0.29) is 23.7 Å². The van der Waals surface area contributed by atoms with Crippen LogP contribution in [-0.4, -0.2) is 0 Å². The number of nitrogens with one attached hydrogen (secondary N) is 1. The van der Waals surface area contributed by atoms with Crippen LogP contribution >= 0.6 is 11.6 Å². The minimum Gasteiger partial charge on any atom is -0.300 e. The highest BCUT2D eigenvalue weighted by molar-refractivity contribution is 6.30. The summed E-state index contributed by atoms with van der Waals surface area (Å²) in [5.74, 6) is -0.570.